The molecule has 0 aromatic heterocycles. The molecule has 2 aromatic rings. The molecule has 0 heterocycles. The third kappa shape index (κ3) is 7.75. The van der Waals surface area contributed by atoms with Crippen LogP contribution in [-0.2, 0) is 16.1 Å². The number of aryl methyl sites for hydroxylation is 1. The molecule has 29 heavy (non-hydrogen) atoms. The minimum atomic E-state index is -0.587. The summed E-state index contributed by atoms with van der Waals surface area (Å²) in [7, 11) is 0. The van der Waals surface area contributed by atoms with Crippen LogP contribution in [0.3, 0.4) is 0 Å². The Labute approximate surface area is 183 Å². The molecule has 2 aromatic carbocycles. The quantitative estimate of drug-likeness (QED) is 0.621. The fraction of sp³-hybridized carbons (Fsp3) is 0.391. The summed E-state index contributed by atoms with van der Waals surface area (Å²) in [6.07, 6.45) is 0. The van der Waals surface area contributed by atoms with Gasteiger partial charge in [-0.3, -0.25) is 9.59 Å². The van der Waals surface area contributed by atoms with Gasteiger partial charge < -0.3 is 10.2 Å². The van der Waals surface area contributed by atoms with E-state index in [4.69, 9.17) is 11.6 Å². The van der Waals surface area contributed by atoms with Crippen LogP contribution in [0.2, 0.25) is 5.02 Å². The highest BCUT2D eigenvalue weighted by Gasteiger charge is 2.28. The average Bonchev–Trinajstić information content (AvgIpc) is 2.65. The number of thioether (sulfide) groups is 1. The molecule has 0 saturated carbocycles. The normalized spacial score (nSPS) is 12.3. The maximum atomic E-state index is 13.1. The molecule has 156 valence electrons. The molecular weight excluding hydrogens is 404 g/mol. The number of benzene rings is 2. The minimum Gasteiger partial charge on any atom is -0.350 e. The highest BCUT2D eigenvalue weighted by molar-refractivity contribution is 8.00. The van der Waals surface area contributed by atoms with E-state index < -0.39 is 6.04 Å². The summed E-state index contributed by atoms with van der Waals surface area (Å²) in [5.74, 6) is 0.0197. The fourth-order valence-corrected chi connectivity index (χ4v) is 3.62. The number of carbonyl (C=O) groups is 2. The zero-order valence-electron chi connectivity index (χ0n) is 17.7. The van der Waals surface area contributed by atoms with Gasteiger partial charge in [0, 0.05) is 22.0 Å². The Hall–Kier alpha value is -1.98. The van der Waals surface area contributed by atoms with Crippen molar-refractivity contribution in [1.82, 2.24) is 10.2 Å². The maximum absolute atomic E-state index is 13.1. The number of hydrogen-bond donors (Lipinski definition) is 1. The lowest BCUT2D eigenvalue weighted by Gasteiger charge is -2.31. The fourth-order valence-electron chi connectivity index (χ4n) is 2.71. The third-order valence-electron chi connectivity index (χ3n) is 4.31. The van der Waals surface area contributed by atoms with Gasteiger partial charge in [-0.2, -0.15) is 0 Å². The molecular formula is C23H29ClN2O2S. The Morgan fingerprint density at radius 2 is 1.66 bits per heavy atom. The predicted molar refractivity (Wildman–Crippen MR) is 121 cm³/mol. The van der Waals surface area contributed by atoms with Crippen LogP contribution in [0.15, 0.2) is 53.4 Å². The summed E-state index contributed by atoms with van der Waals surface area (Å²) in [5, 5.41) is 3.61. The highest BCUT2D eigenvalue weighted by atomic mass is 35.5. The van der Waals surface area contributed by atoms with E-state index in [1.54, 1.807) is 24.0 Å². The van der Waals surface area contributed by atoms with Gasteiger partial charge in [0.15, 0.2) is 0 Å². The van der Waals surface area contributed by atoms with E-state index in [1.807, 2.05) is 64.1 Å². The lowest BCUT2D eigenvalue weighted by atomic mass is 10.1. The standard InChI is InChI=1S/C23H29ClN2O2S/c1-16-6-12-20(13-7-16)29-15-21(27)26(14-18-8-10-19(24)11-9-18)17(2)22(28)25-23(3,4)5/h6-13,17H,14-15H2,1-5H3,(H,25,28)/t17-/m0/s1. The topological polar surface area (TPSA) is 49.4 Å². The van der Waals surface area contributed by atoms with Crippen LogP contribution in [0.1, 0.15) is 38.8 Å². The van der Waals surface area contributed by atoms with Crippen molar-refractivity contribution in [3.05, 3.63) is 64.7 Å². The second-order valence-electron chi connectivity index (χ2n) is 8.17. The van der Waals surface area contributed by atoms with E-state index in [9.17, 15) is 9.59 Å². The van der Waals surface area contributed by atoms with Gasteiger partial charge in [-0.15, -0.1) is 11.8 Å². The van der Waals surface area contributed by atoms with Crippen LogP contribution in [0.5, 0.6) is 0 Å². The van der Waals surface area contributed by atoms with E-state index in [2.05, 4.69) is 5.32 Å². The first kappa shape index (κ1) is 23.3. The highest BCUT2D eigenvalue weighted by Crippen LogP contribution is 2.21. The molecule has 4 nitrogen and oxygen atoms in total. The van der Waals surface area contributed by atoms with Crippen molar-refractivity contribution in [2.45, 2.75) is 57.6 Å². The zero-order chi connectivity index (χ0) is 21.6. The van der Waals surface area contributed by atoms with Gasteiger partial charge in [0.25, 0.3) is 0 Å². The average molecular weight is 433 g/mol. The van der Waals surface area contributed by atoms with Crippen molar-refractivity contribution in [3.8, 4) is 0 Å². The summed E-state index contributed by atoms with van der Waals surface area (Å²) in [4.78, 5) is 28.5. The molecule has 0 radical (unpaired) electrons. The third-order valence-corrected chi connectivity index (χ3v) is 5.56. The Balaban J connectivity index is 2.15. The number of hydrogen-bond acceptors (Lipinski definition) is 3. The molecule has 0 spiro atoms. The molecule has 0 fully saturated rings. The van der Waals surface area contributed by atoms with Gasteiger partial charge in [-0.1, -0.05) is 41.4 Å². The van der Waals surface area contributed by atoms with E-state index in [-0.39, 0.29) is 23.1 Å². The lowest BCUT2D eigenvalue weighted by Crippen LogP contribution is -2.52. The molecule has 0 bridgehead atoms. The maximum Gasteiger partial charge on any atom is 0.242 e. The van der Waals surface area contributed by atoms with E-state index in [0.29, 0.717) is 11.6 Å². The SMILES string of the molecule is Cc1ccc(SCC(=O)N(Cc2ccc(Cl)cc2)[C@@H](C)C(=O)NC(C)(C)C)cc1. The molecule has 2 rings (SSSR count). The Morgan fingerprint density at radius 1 is 1.07 bits per heavy atom. The van der Waals surface area contributed by atoms with Crippen molar-refractivity contribution in [2.24, 2.45) is 0 Å². The van der Waals surface area contributed by atoms with Gasteiger partial charge >= 0.3 is 0 Å². The molecule has 0 unspecified atom stereocenters. The summed E-state index contributed by atoms with van der Waals surface area (Å²) in [5.41, 5.74) is 1.74. The Morgan fingerprint density at radius 3 is 2.21 bits per heavy atom. The summed E-state index contributed by atoms with van der Waals surface area (Å²) < 4.78 is 0. The van der Waals surface area contributed by atoms with E-state index in [1.165, 1.54) is 17.3 Å². The zero-order valence-corrected chi connectivity index (χ0v) is 19.2. The molecule has 2 amide bonds. The molecule has 1 atom stereocenters. The minimum absolute atomic E-state index is 0.0814. The molecule has 0 aliphatic heterocycles. The van der Waals surface area contributed by atoms with E-state index >= 15 is 0 Å². The summed E-state index contributed by atoms with van der Waals surface area (Å²) in [6.45, 7) is 9.93. The summed E-state index contributed by atoms with van der Waals surface area (Å²) >= 11 is 7.45. The van der Waals surface area contributed by atoms with Gasteiger partial charge in [-0.25, -0.2) is 0 Å². The number of nitrogens with zero attached hydrogens (tertiary/aromatic N) is 1. The molecule has 1 N–H and O–H groups in total. The molecule has 0 saturated heterocycles. The number of carbonyl (C=O) groups excluding carboxylic acids is 2. The van der Waals surface area contributed by atoms with Gasteiger partial charge in [0.1, 0.15) is 6.04 Å². The van der Waals surface area contributed by atoms with Crippen LogP contribution in [0.25, 0.3) is 0 Å². The first-order valence-electron chi connectivity index (χ1n) is 9.60. The van der Waals surface area contributed by atoms with Crippen molar-refractivity contribution >= 4 is 35.2 Å². The number of halogens is 1. The number of nitrogens with one attached hydrogen (secondary N) is 1. The largest absolute Gasteiger partial charge is 0.350 e. The number of rotatable bonds is 7. The lowest BCUT2D eigenvalue weighted by molar-refractivity contribution is -0.139. The predicted octanol–water partition coefficient (Wildman–Crippen LogP) is 5.07. The Kier molecular flexibility index (Phi) is 8.17. The van der Waals surface area contributed by atoms with Crippen LogP contribution in [0, 0.1) is 6.92 Å². The van der Waals surface area contributed by atoms with Gasteiger partial charge in [0.2, 0.25) is 11.8 Å². The first-order chi connectivity index (χ1) is 13.5. The molecule has 0 aliphatic carbocycles. The van der Waals surface area contributed by atoms with Crippen molar-refractivity contribution in [3.63, 3.8) is 0 Å². The van der Waals surface area contributed by atoms with Crippen molar-refractivity contribution < 1.29 is 9.59 Å². The Bertz CT molecular complexity index is 829. The second-order valence-corrected chi connectivity index (χ2v) is 9.65. The van der Waals surface area contributed by atoms with Crippen LogP contribution >= 0.6 is 23.4 Å². The van der Waals surface area contributed by atoms with Gasteiger partial charge in [0.05, 0.1) is 5.75 Å². The van der Waals surface area contributed by atoms with Crippen molar-refractivity contribution in [2.75, 3.05) is 5.75 Å². The van der Waals surface area contributed by atoms with Crippen LogP contribution < -0.4 is 5.32 Å². The summed E-state index contributed by atoms with van der Waals surface area (Å²) in [6, 6.07) is 14.8. The van der Waals surface area contributed by atoms with Crippen molar-refractivity contribution in [1.29, 1.82) is 0 Å². The van der Waals surface area contributed by atoms with Crippen LogP contribution in [-0.4, -0.2) is 34.0 Å². The smallest absolute Gasteiger partial charge is 0.242 e. The molecule has 0 aliphatic rings. The number of amides is 2. The second kappa shape index (κ2) is 10.2. The van der Waals surface area contributed by atoms with Gasteiger partial charge in [-0.05, 0) is 64.4 Å². The first-order valence-corrected chi connectivity index (χ1v) is 11.0. The molecule has 6 heteroatoms. The monoisotopic (exact) mass is 432 g/mol. The van der Waals surface area contributed by atoms with Crippen LogP contribution in [0.4, 0.5) is 0 Å². The van der Waals surface area contributed by atoms with E-state index in [0.717, 1.165) is 10.5 Å².